The first-order valence-corrected chi connectivity index (χ1v) is 10.5. The Balaban J connectivity index is 1.49. The molecule has 2 aromatic rings. The lowest BCUT2D eigenvalue weighted by atomic mass is 9.88. The van der Waals surface area contributed by atoms with Gasteiger partial charge in [-0.3, -0.25) is 14.5 Å². The van der Waals surface area contributed by atoms with Gasteiger partial charge in [-0.15, -0.1) is 0 Å². The van der Waals surface area contributed by atoms with E-state index in [4.69, 9.17) is 4.74 Å². The Morgan fingerprint density at radius 2 is 1.83 bits per heavy atom. The van der Waals surface area contributed by atoms with Crippen LogP contribution in [0.4, 0.5) is 4.79 Å². The van der Waals surface area contributed by atoms with E-state index in [2.05, 4.69) is 5.32 Å². The number of hydrogen-bond acceptors (Lipinski definition) is 5. The number of urea groups is 1. The highest BCUT2D eigenvalue weighted by Crippen LogP contribution is 2.34. The molecular formula is C23H27N3O4. The summed E-state index contributed by atoms with van der Waals surface area (Å²) in [4.78, 5) is 41.4. The predicted molar refractivity (Wildman–Crippen MR) is 112 cm³/mol. The molecular weight excluding hydrogens is 382 g/mol. The van der Waals surface area contributed by atoms with Crippen molar-refractivity contribution >= 4 is 28.7 Å². The summed E-state index contributed by atoms with van der Waals surface area (Å²) in [6.07, 6.45) is 1.34. The molecule has 2 aliphatic heterocycles. The number of hydrogen-bond donors (Lipinski definition) is 1. The van der Waals surface area contributed by atoms with Crippen LogP contribution in [0.15, 0.2) is 42.5 Å². The second-order valence-electron chi connectivity index (χ2n) is 8.10. The number of imide groups is 1. The molecule has 0 saturated carbocycles. The minimum Gasteiger partial charge on any atom is -0.466 e. The molecule has 1 atom stereocenters. The number of nitrogens with one attached hydrogen (secondary N) is 1. The molecule has 2 saturated heterocycles. The van der Waals surface area contributed by atoms with E-state index in [0.717, 1.165) is 16.3 Å². The van der Waals surface area contributed by atoms with Gasteiger partial charge in [-0.2, -0.15) is 0 Å². The molecule has 0 spiro atoms. The van der Waals surface area contributed by atoms with Crippen molar-refractivity contribution in [3.8, 4) is 0 Å². The summed E-state index contributed by atoms with van der Waals surface area (Å²) in [7, 11) is 0. The first-order chi connectivity index (χ1) is 14.4. The summed E-state index contributed by atoms with van der Waals surface area (Å²) in [6, 6.07) is 13.3. The normalized spacial score (nSPS) is 23.1. The number of esters is 1. The molecule has 7 heteroatoms. The Kier molecular flexibility index (Phi) is 5.47. The maximum atomic E-state index is 13.4. The van der Waals surface area contributed by atoms with Gasteiger partial charge in [-0.1, -0.05) is 42.5 Å². The van der Waals surface area contributed by atoms with Crippen molar-refractivity contribution in [1.82, 2.24) is 15.1 Å². The number of ether oxygens (including phenoxy) is 1. The third kappa shape index (κ3) is 3.54. The van der Waals surface area contributed by atoms with Crippen molar-refractivity contribution < 1.29 is 19.1 Å². The summed E-state index contributed by atoms with van der Waals surface area (Å²) < 4.78 is 5.11. The number of fused-ring (bicyclic) bond motifs is 1. The second-order valence-corrected chi connectivity index (χ2v) is 8.10. The van der Waals surface area contributed by atoms with Crippen LogP contribution in [0, 0.1) is 5.92 Å². The molecule has 4 rings (SSSR count). The van der Waals surface area contributed by atoms with Gasteiger partial charge >= 0.3 is 12.0 Å². The van der Waals surface area contributed by atoms with Crippen LogP contribution in [-0.4, -0.2) is 54.1 Å². The Labute approximate surface area is 176 Å². The van der Waals surface area contributed by atoms with E-state index in [-0.39, 0.29) is 30.5 Å². The van der Waals surface area contributed by atoms with Crippen LogP contribution >= 0.6 is 0 Å². The summed E-state index contributed by atoms with van der Waals surface area (Å²) in [5.41, 5.74) is -0.316. The number of nitrogens with zero attached hydrogens (tertiary/aromatic N) is 2. The zero-order valence-electron chi connectivity index (χ0n) is 17.4. The fourth-order valence-corrected chi connectivity index (χ4v) is 4.44. The van der Waals surface area contributed by atoms with Crippen LogP contribution in [0.3, 0.4) is 0 Å². The molecule has 0 aromatic heterocycles. The quantitative estimate of drug-likeness (QED) is 0.607. The zero-order valence-corrected chi connectivity index (χ0v) is 17.4. The third-order valence-corrected chi connectivity index (χ3v) is 6.15. The van der Waals surface area contributed by atoms with Crippen LogP contribution in [0.5, 0.6) is 0 Å². The van der Waals surface area contributed by atoms with Crippen molar-refractivity contribution in [3.05, 3.63) is 48.0 Å². The molecule has 1 N–H and O–H groups in total. The van der Waals surface area contributed by atoms with Gasteiger partial charge in [-0.05, 0) is 43.0 Å². The van der Waals surface area contributed by atoms with Gasteiger partial charge in [0, 0.05) is 13.1 Å². The van der Waals surface area contributed by atoms with Crippen LogP contribution in [0.2, 0.25) is 0 Å². The molecule has 0 radical (unpaired) electrons. The van der Waals surface area contributed by atoms with Gasteiger partial charge in [0.15, 0.2) is 0 Å². The highest BCUT2D eigenvalue weighted by Gasteiger charge is 2.50. The van der Waals surface area contributed by atoms with E-state index in [1.807, 2.05) is 47.4 Å². The minimum absolute atomic E-state index is 0.106. The molecule has 30 heavy (non-hydrogen) atoms. The molecule has 2 fully saturated rings. The van der Waals surface area contributed by atoms with Gasteiger partial charge in [-0.25, -0.2) is 9.69 Å². The smallest absolute Gasteiger partial charge is 0.326 e. The maximum Gasteiger partial charge on any atom is 0.326 e. The second kappa shape index (κ2) is 8.07. The predicted octanol–water partition coefficient (Wildman–Crippen LogP) is 2.84. The number of amides is 3. The number of carbonyl (C=O) groups excluding carboxylic acids is 3. The lowest BCUT2D eigenvalue weighted by Gasteiger charge is -2.33. The lowest BCUT2D eigenvalue weighted by Crippen LogP contribution is -2.46. The Morgan fingerprint density at radius 1 is 1.13 bits per heavy atom. The summed E-state index contributed by atoms with van der Waals surface area (Å²) in [6.45, 7) is 5.46. The SMILES string of the molecule is CCOC(=O)C1CCN(CN2C(=O)N[C@](C)(c3cccc4ccccc34)C2=O)CC1. The van der Waals surface area contributed by atoms with E-state index in [1.54, 1.807) is 13.8 Å². The van der Waals surface area contributed by atoms with E-state index in [0.29, 0.717) is 32.5 Å². The van der Waals surface area contributed by atoms with Gasteiger partial charge in [0.05, 0.1) is 19.2 Å². The Hall–Kier alpha value is -2.93. The topological polar surface area (TPSA) is 79.0 Å². The van der Waals surface area contributed by atoms with Gasteiger partial charge in [0.25, 0.3) is 5.91 Å². The van der Waals surface area contributed by atoms with Crippen molar-refractivity contribution in [1.29, 1.82) is 0 Å². The van der Waals surface area contributed by atoms with E-state index in [9.17, 15) is 14.4 Å². The van der Waals surface area contributed by atoms with E-state index in [1.165, 1.54) is 4.90 Å². The fourth-order valence-electron chi connectivity index (χ4n) is 4.44. The van der Waals surface area contributed by atoms with Gasteiger partial charge in [0.2, 0.25) is 0 Å². The standard InChI is InChI=1S/C23H27N3O4/c1-3-30-20(27)17-11-13-25(14-12-17)15-26-21(28)23(2,24-22(26)29)19-10-6-8-16-7-4-5-9-18(16)19/h4-10,17H,3,11-15H2,1-2H3,(H,24,29)/t23-/m1/s1. The molecule has 2 aliphatic rings. The number of carbonyl (C=O) groups is 3. The molecule has 3 amide bonds. The minimum atomic E-state index is -1.11. The molecule has 2 heterocycles. The summed E-state index contributed by atoms with van der Waals surface area (Å²) in [5.74, 6) is -0.516. The molecule has 7 nitrogen and oxygen atoms in total. The van der Waals surface area contributed by atoms with Crippen LogP contribution in [0.25, 0.3) is 10.8 Å². The van der Waals surface area contributed by atoms with Crippen molar-refractivity contribution in [3.63, 3.8) is 0 Å². The fraction of sp³-hybridized carbons (Fsp3) is 0.435. The van der Waals surface area contributed by atoms with Crippen molar-refractivity contribution in [2.45, 2.75) is 32.2 Å². The van der Waals surface area contributed by atoms with E-state index >= 15 is 0 Å². The first-order valence-electron chi connectivity index (χ1n) is 10.5. The average molecular weight is 409 g/mol. The number of rotatable bonds is 5. The molecule has 2 aromatic carbocycles. The van der Waals surface area contributed by atoms with Crippen LogP contribution in [-0.2, 0) is 19.9 Å². The van der Waals surface area contributed by atoms with Crippen LogP contribution < -0.4 is 5.32 Å². The lowest BCUT2D eigenvalue weighted by molar-refractivity contribution is -0.150. The molecule has 0 bridgehead atoms. The van der Waals surface area contributed by atoms with Gasteiger partial charge in [0.1, 0.15) is 5.54 Å². The third-order valence-electron chi connectivity index (χ3n) is 6.15. The Morgan fingerprint density at radius 3 is 2.57 bits per heavy atom. The largest absolute Gasteiger partial charge is 0.466 e. The van der Waals surface area contributed by atoms with Crippen LogP contribution in [0.1, 0.15) is 32.3 Å². The highest BCUT2D eigenvalue weighted by molar-refractivity contribution is 6.09. The number of benzene rings is 2. The van der Waals surface area contributed by atoms with Gasteiger partial charge < -0.3 is 10.1 Å². The number of likely N-dealkylation sites (tertiary alicyclic amines) is 1. The van der Waals surface area contributed by atoms with E-state index < -0.39 is 5.54 Å². The number of piperidine rings is 1. The maximum absolute atomic E-state index is 13.4. The average Bonchev–Trinajstić information content (AvgIpc) is 2.98. The summed E-state index contributed by atoms with van der Waals surface area (Å²) in [5, 5.41) is 4.89. The van der Waals surface area contributed by atoms with Crippen molar-refractivity contribution in [2.24, 2.45) is 5.92 Å². The zero-order chi connectivity index (χ0) is 21.3. The molecule has 158 valence electrons. The Bertz CT molecular complexity index is 978. The monoisotopic (exact) mass is 409 g/mol. The van der Waals surface area contributed by atoms with Crippen molar-refractivity contribution in [2.75, 3.05) is 26.4 Å². The molecule has 0 unspecified atom stereocenters. The highest BCUT2D eigenvalue weighted by atomic mass is 16.5. The first kappa shape index (κ1) is 20.3. The summed E-state index contributed by atoms with van der Waals surface area (Å²) >= 11 is 0. The molecule has 0 aliphatic carbocycles.